The summed E-state index contributed by atoms with van der Waals surface area (Å²) in [5, 5.41) is 17.7. The summed E-state index contributed by atoms with van der Waals surface area (Å²) < 4.78 is 24.5. The number of benzene rings is 1. The Kier molecular flexibility index (Phi) is 5.09. The molecule has 0 saturated carbocycles. The Labute approximate surface area is 116 Å². The molecule has 110 valence electrons. The molecule has 0 aliphatic rings. The van der Waals surface area contributed by atoms with Gasteiger partial charge in [0.15, 0.2) is 0 Å². The number of hydrogen-bond donors (Lipinski definition) is 2. The Bertz CT molecular complexity index is 610. The van der Waals surface area contributed by atoms with E-state index in [0.717, 1.165) is 10.6 Å². The standard InChI is InChI=1S/C12H15NO6S/c1-20(18,19)13(8-4-7-11(14)15)10-6-3-2-5-9(10)12(16)17/h2-3,5-6H,4,7-8H2,1H3,(H,14,15)(H,16,17). The molecule has 2 N–H and O–H groups in total. The molecule has 1 aromatic rings. The van der Waals surface area contributed by atoms with E-state index in [1.165, 1.54) is 24.3 Å². The molecule has 1 aromatic carbocycles. The van der Waals surface area contributed by atoms with Gasteiger partial charge in [-0.25, -0.2) is 13.2 Å². The highest BCUT2D eigenvalue weighted by atomic mass is 32.2. The topological polar surface area (TPSA) is 112 Å². The monoisotopic (exact) mass is 301 g/mol. The molecule has 0 bridgehead atoms. The fourth-order valence-corrected chi connectivity index (χ4v) is 2.69. The molecule has 0 saturated heterocycles. The predicted molar refractivity (Wildman–Crippen MR) is 72.5 cm³/mol. The number of sulfonamides is 1. The smallest absolute Gasteiger partial charge is 0.337 e. The molecule has 0 aliphatic carbocycles. The molecular formula is C12H15NO6S. The number of rotatable bonds is 7. The number of para-hydroxylation sites is 1. The minimum atomic E-state index is -3.69. The van der Waals surface area contributed by atoms with E-state index in [1.54, 1.807) is 0 Å². The van der Waals surface area contributed by atoms with Crippen molar-refractivity contribution in [3.8, 4) is 0 Å². The third-order valence-corrected chi connectivity index (χ3v) is 3.74. The highest BCUT2D eigenvalue weighted by molar-refractivity contribution is 7.92. The zero-order valence-electron chi connectivity index (χ0n) is 10.8. The van der Waals surface area contributed by atoms with E-state index in [0.29, 0.717) is 0 Å². The van der Waals surface area contributed by atoms with Crippen molar-refractivity contribution in [2.75, 3.05) is 17.1 Å². The summed E-state index contributed by atoms with van der Waals surface area (Å²) in [4.78, 5) is 21.6. The Morgan fingerprint density at radius 3 is 2.30 bits per heavy atom. The van der Waals surface area contributed by atoms with E-state index in [4.69, 9.17) is 10.2 Å². The maximum absolute atomic E-state index is 11.8. The molecule has 0 aromatic heterocycles. The van der Waals surface area contributed by atoms with Crippen LogP contribution < -0.4 is 4.31 Å². The van der Waals surface area contributed by atoms with Crippen molar-refractivity contribution in [1.29, 1.82) is 0 Å². The van der Waals surface area contributed by atoms with Crippen LogP contribution in [0.1, 0.15) is 23.2 Å². The molecule has 8 heteroatoms. The van der Waals surface area contributed by atoms with Gasteiger partial charge < -0.3 is 10.2 Å². The van der Waals surface area contributed by atoms with Gasteiger partial charge in [0, 0.05) is 13.0 Å². The van der Waals surface area contributed by atoms with Gasteiger partial charge in [-0.2, -0.15) is 0 Å². The van der Waals surface area contributed by atoms with Crippen LogP contribution in [0.4, 0.5) is 5.69 Å². The van der Waals surface area contributed by atoms with Crippen LogP contribution in [0, 0.1) is 0 Å². The predicted octanol–water partition coefficient (Wildman–Crippen LogP) is 1.02. The number of aliphatic carboxylic acids is 1. The zero-order chi connectivity index (χ0) is 15.3. The van der Waals surface area contributed by atoms with Crippen LogP contribution in [0.5, 0.6) is 0 Å². The van der Waals surface area contributed by atoms with E-state index < -0.39 is 22.0 Å². The van der Waals surface area contributed by atoms with Crippen molar-refractivity contribution in [2.24, 2.45) is 0 Å². The number of carboxylic acids is 2. The van der Waals surface area contributed by atoms with Crippen molar-refractivity contribution in [3.05, 3.63) is 29.8 Å². The summed E-state index contributed by atoms with van der Waals surface area (Å²) in [6.45, 7) is -0.0879. The van der Waals surface area contributed by atoms with Crippen molar-refractivity contribution in [2.45, 2.75) is 12.8 Å². The highest BCUT2D eigenvalue weighted by Crippen LogP contribution is 2.23. The van der Waals surface area contributed by atoms with Gasteiger partial charge in [-0.3, -0.25) is 9.10 Å². The molecule has 0 spiro atoms. The van der Waals surface area contributed by atoms with Crippen LogP contribution in [0.25, 0.3) is 0 Å². The zero-order valence-corrected chi connectivity index (χ0v) is 11.6. The second-order valence-corrected chi connectivity index (χ2v) is 6.06. The average Bonchev–Trinajstić information content (AvgIpc) is 2.32. The Balaban J connectivity index is 3.12. The fraction of sp³-hybridized carbons (Fsp3) is 0.333. The molecule has 1 rings (SSSR count). The summed E-state index contributed by atoms with van der Waals surface area (Å²) in [6, 6.07) is 5.69. The van der Waals surface area contributed by atoms with Gasteiger partial charge in [-0.15, -0.1) is 0 Å². The summed E-state index contributed by atoms with van der Waals surface area (Å²) in [5.41, 5.74) is -0.110. The van der Waals surface area contributed by atoms with Gasteiger partial charge in [0.25, 0.3) is 0 Å². The number of carbonyl (C=O) groups is 2. The van der Waals surface area contributed by atoms with E-state index >= 15 is 0 Å². The molecule has 0 fully saturated rings. The summed E-state index contributed by atoms with van der Waals surface area (Å²) >= 11 is 0. The van der Waals surface area contributed by atoms with Gasteiger partial charge in [0.1, 0.15) is 0 Å². The molecule has 20 heavy (non-hydrogen) atoms. The first kappa shape index (κ1) is 16.0. The Morgan fingerprint density at radius 1 is 1.20 bits per heavy atom. The van der Waals surface area contributed by atoms with E-state index in [9.17, 15) is 18.0 Å². The quantitative estimate of drug-likeness (QED) is 0.777. The molecule has 0 unspecified atom stereocenters. The molecule has 0 heterocycles. The second kappa shape index (κ2) is 6.38. The van der Waals surface area contributed by atoms with Crippen molar-refractivity contribution in [1.82, 2.24) is 0 Å². The van der Waals surface area contributed by atoms with Crippen molar-refractivity contribution < 1.29 is 28.2 Å². The van der Waals surface area contributed by atoms with Crippen LogP contribution >= 0.6 is 0 Å². The molecule has 0 aliphatic heterocycles. The molecule has 0 atom stereocenters. The average molecular weight is 301 g/mol. The van der Waals surface area contributed by atoms with Crippen LogP contribution in [-0.2, 0) is 14.8 Å². The van der Waals surface area contributed by atoms with Gasteiger partial charge in [0.2, 0.25) is 10.0 Å². The number of carboxylic acid groups (broad SMARTS) is 2. The maximum atomic E-state index is 11.8. The third-order valence-electron chi connectivity index (χ3n) is 2.56. The number of anilines is 1. The number of nitrogens with zero attached hydrogens (tertiary/aromatic N) is 1. The van der Waals surface area contributed by atoms with Crippen molar-refractivity contribution in [3.63, 3.8) is 0 Å². The normalized spacial score (nSPS) is 11.1. The lowest BCUT2D eigenvalue weighted by Crippen LogP contribution is -2.32. The molecular weight excluding hydrogens is 286 g/mol. The Morgan fingerprint density at radius 2 is 1.80 bits per heavy atom. The van der Waals surface area contributed by atoms with E-state index in [2.05, 4.69) is 0 Å². The van der Waals surface area contributed by atoms with Gasteiger partial charge in [-0.1, -0.05) is 12.1 Å². The second-order valence-electron chi connectivity index (χ2n) is 4.15. The van der Waals surface area contributed by atoms with Crippen LogP contribution in [0.15, 0.2) is 24.3 Å². The first-order valence-electron chi connectivity index (χ1n) is 5.75. The molecule has 0 amide bonds. The molecule has 0 radical (unpaired) electrons. The SMILES string of the molecule is CS(=O)(=O)N(CCCC(=O)O)c1ccccc1C(=O)O. The van der Waals surface area contributed by atoms with E-state index in [-0.39, 0.29) is 30.6 Å². The first-order chi connectivity index (χ1) is 9.23. The minimum Gasteiger partial charge on any atom is -0.481 e. The lowest BCUT2D eigenvalue weighted by Gasteiger charge is -2.23. The maximum Gasteiger partial charge on any atom is 0.337 e. The van der Waals surface area contributed by atoms with Crippen molar-refractivity contribution >= 4 is 27.6 Å². The van der Waals surface area contributed by atoms with Gasteiger partial charge >= 0.3 is 11.9 Å². The van der Waals surface area contributed by atoms with Gasteiger partial charge in [0.05, 0.1) is 17.5 Å². The highest BCUT2D eigenvalue weighted by Gasteiger charge is 2.22. The number of hydrogen-bond acceptors (Lipinski definition) is 4. The minimum absolute atomic E-state index is 0.0351. The number of aromatic carboxylic acids is 1. The summed E-state index contributed by atoms with van der Waals surface area (Å²) in [6.07, 6.45) is 0.851. The third kappa shape index (κ3) is 4.23. The summed E-state index contributed by atoms with van der Waals surface area (Å²) in [5.74, 6) is -2.28. The largest absolute Gasteiger partial charge is 0.481 e. The van der Waals surface area contributed by atoms with Crippen LogP contribution in [0.3, 0.4) is 0 Å². The molecule has 7 nitrogen and oxygen atoms in total. The van der Waals surface area contributed by atoms with Crippen LogP contribution in [0.2, 0.25) is 0 Å². The fourth-order valence-electron chi connectivity index (χ4n) is 1.71. The lowest BCUT2D eigenvalue weighted by molar-refractivity contribution is -0.137. The van der Waals surface area contributed by atoms with E-state index in [1.807, 2.05) is 0 Å². The summed E-state index contributed by atoms with van der Waals surface area (Å²) in [7, 11) is -3.69. The Hall–Kier alpha value is -2.09. The van der Waals surface area contributed by atoms with Gasteiger partial charge in [-0.05, 0) is 18.6 Å². The van der Waals surface area contributed by atoms with Crippen LogP contribution in [-0.4, -0.2) is 43.4 Å². The lowest BCUT2D eigenvalue weighted by atomic mass is 10.1. The first-order valence-corrected chi connectivity index (χ1v) is 7.60.